The van der Waals surface area contributed by atoms with Gasteiger partial charge < -0.3 is 4.74 Å². The van der Waals surface area contributed by atoms with Gasteiger partial charge in [0.25, 0.3) is 0 Å². The molecule has 5 nitrogen and oxygen atoms in total. The summed E-state index contributed by atoms with van der Waals surface area (Å²) in [6, 6.07) is 0.0188. The SMILES string of the molecule is CCn1cc(C(COC)NN)cn1. The zero-order chi connectivity index (χ0) is 9.68. The number of hydrazine groups is 1. The fourth-order valence-electron chi connectivity index (χ4n) is 1.14. The van der Waals surface area contributed by atoms with Gasteiger partial charge in [-0.25, -0.2) is 0 Å². The van der Waals surface area contributed by atoms with Crippen molar-refractivity contribution in [1.29, 1.82) is 0 Å². The number of hydrogen-bond acceptors (Lipinski definition) is 4. The summed E-state index contributed by atoms with van der Waals surface area (Å²) < 4.78 is 6.87. The third-order valence-corrected chi connectivity index (χ3v) is 1.91. The standard InChI is InChI=1S/C8H16N4O/c1-3-12-5-7(4-10-12)8(11-9)6-13-2/h4-5,8,11H,3,6,9H2,1-2H3. The minimum absolute atomic E-state index is 0.0188. The van der Waals surface area contributed by atoms with Crippen LogP contribution in [0.15, 0.2) is 12.4 Å². The first-order valence-corrected chi connectivity index (χ1v) is 4.29. The Bertz CT molecular complexity index is 248. The number of nitrogens with one attached hydrogen (secondary N) is 1. The first-order valence-electron chi connectivity index (χ1n) is 4.29. The van der Waals surface area contributed by atoms with Crippen molar-refractivity contribution in [2.75, 3.05) is 13.7 Å². The lowest BCUT2D eigenvalue weighted by atomic mass is 10.2. The highest BCUT2D eigenvalue weighted by Gasteiger charge is 2.10. The molecule has 13 heavy (non-hydrogen) atoms. The molecule has 0 saturated heterocycles. The molecule has 0 aliphatic heterocycles. The lowest BCUT2D eigenvalue weighted by Crippen LogP contribution is -2.30. The van der Waals surface area contributed by atoms with Gasteiger partial charge >= 0.3 is 0 Å². The van der Waals surface area contributed by atoms with Crippen LogP contribution in [0.3, 0.4) is 0 Å². The lowest BCUT2D eigenvalue weighted by Gasteiger charge is -2.11. The molecule has 0 saturated carbocycles. The molecule has 0 spiro atoms. The van der Waals surface area contributed by atoms with E-state index in [1.165, 1.54) is 0 Å². The summed E-state index contributed by atoms with van der Waals surface area (Å²) in [7, 11) is 1.65. The summed E-state index contributed by atoms with van der Waals surface area (Å²) >= 11 is 0. The van der Waals surface area contributed by atoms with Gasteiger partial charge in [0.1, 0.15) is 0 Å². The molecule has 1 unspecified atom stereocenters. The monoisotopic (exact) mass is 184 g/mol. The van der Waals surface area contributed by atoms with Gasteiger partial charge in [0, 0.05) is 25.4 Å². The number of methoxy groups -OCH3 is 1. The van der Waals surface area contributed by atoms with Crippen molar-refractivity contribution in [1.82, 2.24) is 15.2 Å². The molecular weight excluding hydrogens is 168 g/mol. The predicted molar refractivity (Wildman–Crippen MR) is 49.8 cm³/mol. The van der Waals surface area contributed by atoms with Gasteiger partial charge in [-0.2, -0.15) is 5.10 Å². The second-order valence-corrected chi connectivity index (χ2v) is 2.80. The maximum absolute atomic E-state index is 5.37. The predicted octanol–water partition coefficient (Wildman–Crippen LogP) is 0.0538. The van der Waals surface area contributed by atoms with Crippen LogP contribution >= 0.6 is 0 Å². The number of aryl methyl sites for hydroxylation is 1. The third-order valence-electron chi connectivity index (χ3n) is 1.91. The van der Waals surface area contributed by atoms with Gasteiger partial charge in [0.2, 0.25) is 0 Å². The number of aromatic nitrogens is 2. The summed E-state index contributed by atoms with van der Waals surface area (Å²) in [5, 5.41) is 4.15. The fraction of sp³-hybridized carbons (Fsp3) is 0.625. The summed E-state index contributed by atoms with van der Waals surface area (Å²) in [4.78, 5) is 0. The molecule has 0 radical (unpaired) electrons. The molecule has 1 aromatic heterocycles. The van der Waals surface area contributed by atoms with Crippen LogP contribution in [0.5, 0.6) is 0 Å². The van der Waals surface area contributed by atoms with Gasteiger partial charge in [-0.05, 0) is 6.92 Å². The quantitative estimate of drug-likeness (QED) is 0.501. The van der Waals surface area contributed by atoms with E-state index in [2.05, 4.69) is 10.5 Å². The highest BCUT2D eigenvalue weighted by atomic mass is 16.5. The number of hydrogen-bond donors (Lipinski definition) is 2. The van der Waals surface area contributed by atoms with Gasteiger partial charge in [-0.3, -0.25) is 16.0 Å². The molecule has 3 N–H and O–H groups in total. The van der Waals surface area contributed by atoms with Crippen LogP contribution in [-0.4, -0.2) is 23.5 Å². The molecule has 1 aromatic rings. The van der Waals surface area contributed by atoms with Gasteiger partial charge in [-0.15, -0.1) is 0 Å². The smallest absolute Gasteiger partial charge is 0.0724 e. The third kappa shape index (κ3) is 2.51. The molecule has 0 aromatic carbocycles. The van der Waals surface area contributed by atoms with E-state index in [0.717, 1.165) is 12.1 Å². The van der Waals surface area contributed by atoms with Gasteiger partial charge in [0.05, 0.1) is 18.8 Å². The first kappa shape index (κ1) is 10.2. The lowest BCUT2D eigenvalue weighted by molar-refractivity contribution is 0.167. The van der Waals surface area contributed by atoms with E-state index in [4.69, 9.17) is 10.6 Å². The minimum atomic E-state index is 0.0188. The second kappa shape index (κ2) is 4.96. The van der Waals surface area contributed by atoms with Crippen molar-refractivity contribution in [3.8, 4) is 0 Å². The molecule has 1 atom stereocenters. The van der Waals surface area contributed by atoms with Gasteiger partial charge in [-0.1, -0.05) is 0 Å². The number of nitrogens with zero attached hydrogens (tertiary/aromatic N) is 2. The Morgan fingerprint density at radius 3 is 3.00 bits per heavy atom. The molecule has 5 heteroatoms. The van der Waals surface area contributed by atoms with E-state index in [-0.39, 0.29) is 6.04 Å². The van der Waals surface area contributed by atoms with E-state index in [9.17, 15) is 0 Å². The zero-order valence-electron chi connectivity index (χ0n) is 8.03. The highest BCUT2D eigenvalue weighted by molar-refractivity contribution is 5.09. The van der Waals surface area contributed by atoms with Crippen molar-refractivity contribution in [3.05, 3.63) is 18.0 Å². The Morgan fingerprint density at radius 2 is 2.54 bits per heavy atom. The molecule has 1 heterocycles. The number of ether oxygens (including phenoxy) is 1. The average Bonchev–Trinajstić information content (AvgIpc) is 2.62. The van der Waals surface area contributed by atoms with Crippen LogP contribution in [0, 0.1) is 0 Å². The Labute approximate surface area is 77.8 Å². The molecule has 0 aliphatic rings. The van der Waals surface area contributed by atoms with Crippen LogP contribution in [0.4, 0.5) is 0 Å². The van der Waals surface area contributed by atoms with Crippen LogP contribution < -0.4 is 11.3 Å². The molecule has 1 rings (SSSR count). The maximum atomic E-state index is 5.37. The van der Waals surface area contributed by atoms with Gasteiger partial charge in [0.15, 0.2) is 0 Å². The van der Waals surface area contributed by atoms with Crippen molar-refractivity contribution >= 4 is 0 Å². The van der Waals surface area contributed by atoms with Crippen molar-refractivity contribution in [2.45, 2.75) is 19.5 Å². The molecule has 0 bridgehead atoms. The number of nitrogens with two attached hydrogens (primary N) is 1. The largest absolute Gasteiger partial charge is 0.383 e. The summed E-state index contributed by atoms with van der Waals surface area (Å²) in [5.41, 5.74) is 3.73. The minimum Gasteiger partial charge on any atom is -0.383 e. The topological polar surface area (TPSA) is 65.1 Å². The summed E-state index contributed by atoms with van der Waals surface area (Å²) in [5.74, 6) is 5.37. The van der Waals surface area contributed by atoms with E-state index < -0.39 is 0 Å². The summed E-state index contributed by atoms with van der Waals surface area (Å²) in [6.07, 6.45) is 3.76. The van der Waals surface area contributed by atoms with Crippen LogP contribution in [-0.2, 0) is 11.3 Å². The highest BCUT2D eigenvalue weighted by Crippen LogP contribution is 2.10. The van der Waals surface area contributed by atoms with Crippen molar-refractivity contribution in [3.63, 3.8) is 0 Å². The Morgan fingerprint density at radius 1 is 1.77 bits per heavy atom. The Hall–Kier alpha value is -0.910. The normalized spacial score (nSPS) is 13.2. The average molecular weight is 184 g/mol. The van der Waals surface area contributed by atoms with E-state index in [1.807, 2.05) is 17.8 Å². The molecule has 0 amide bonds. The van der Waals surface area contributed by atoms with E-state index in [1.54, 1.807) is 13.3 Å². The molecule has 0 fully saturated rings. The molecule has 0 aliphatic carbocycles. The fourth-order valence-corrected chi connectivity index (χ4v) is 1.14. The van der Waals surface area contributed by atoms with E-state index in [0.29, 0.717) is 6.61 Å². The van der Waals surface area contributed by atoms with Crippen molar-refractivity contribution < 1.29 is 4.74 Å². The molecular formula is C8H16N4O. The van der Waals surface area contributed by atoms with E-state index >= 15 is 0 Å². The molecule has 74 valence electrons. The van der Waals surface area contributed by atoms with Crippen LogP contribution in [0.2, 0.25) is 0 Å². The maximum Gasteiger partial charge on any atom is 0.0724 e. The van der Waals surface area contributed by atoms with Crippen molar-refractivity contribution in [2.24, 2.45) is 5.84 Å². The summed E-state index contributed by atoms with van der Waals surface area (Å²) in [6.45, 7) is 3.45. The Balaban J connectivity index is 2.67. The second-order valence-electron chi connectivity index (χ2n) is 2.80. The van der Waals surface area contributed by atoms with Crippen LogP contribution in [0.25, 0.3) is 0 Å². The number of rotatable bonds is 5. The van der Waals surface area contributed by atoms with Crippen LogP contribution in [0.1, 0.15) is 18.5 Å². The Kier molecular flexibility index (Phi) is 3.88. The zero-order valence-corrected chi connectivity index (χ0v) is 8.03. The first-order chi connectivity index (χ1) is 6.31.